The van der Waals surface area contributed by atoms with Crippen molar-refractivity contribution in [3.05, 3.63) is 80.0 Å². The van der Waals surface area contributed by atoms with E-state index < -0.39 is 0 Å². The zero-order valence-electron chi connectivity index (χ0n) is 13.3. The summed E-state index contributed by atoms with van der Waals surface area (Å²) < 4.78 is 1.56. The standard InChI is InChI=1S/C18H13Cl4N3O/c19-14-2-1-3-15(20)13(14)6-7-23-18(26)11-9-24-25(10-11)12-4-5-16(21)17(22)8-12/h1-5,8-10H,6-7H2,(H,23,26). The lowest BCUT2D eigenvalue weighted by molar-refractivity contribution is 0.0954. The molecule has 1 aromatic heterocycles. The van der Waals surface area contributed by atoms with E-state index in [2.05, 4.69) is 10.4 Å². The molecule has 0 saturated heterocycles. The van der Waals surface area contributed by atoms with Gasteiger partial charge in [0.1, 0.15) is 0 Å². The molecule has 0 saturated carbocycles. The summed E-state index contributed by atoms with van der Waals surface area (Å²) >= 11 is 24.2. The summed E-state index contributed by atoms with van der Waals surface area (Å²) in [5.41, 5.74) is 1.95. The van der Waals surface area contributed by atoms with Crippen molar-refractivity contribution in [2.45, 2.75) is 6.42 Å². The van der Waals surface area contributed by atoms with Crippen LogP contribution in [0, 0.1) is 0 Å². The largest absolute Gasteiger partial charge is 0.352 e. The molecule has 2 aromatic carbocycles. The lowest BCUT2D eigenvalue weighted by Crippen LogP contribution is -2.25. The van der Waals surface area contributed by atoms with Crippen molar-refractivity contribution < 1.29 is 4.79 Å². The summed E-state index contributed by atoms with van der Waals surface area (Å²) in [5, 5.41) is 9.06. The first-order valence-electron chi connectivity index (χ1n) is 7.67. The van der Waals surface area contributed by atoms with Crippen LogP contribution in [0.1, 0.15) is 15.9 Å². The molecule has 0 bridgehead atoms. The van der Waals surface area contributed by atoms with E-state index in [0.717, 1.165) is 5.56 Å². The molecule has 1 amide bonds. The molecule has 134 valence electrons. The number of hydrogen-bond acceptors (Lipinski definition) is 2. The van der Waals surface area contributed by atoms with Gasteiger partial charge in [-0.3, -0.25) is 4.79 Å². The van der Waals surface area contributed by atoms with Crippen LogP contribution < -0.4 is 5.32 Å². The Bertz CT molecular complexity index is 935. The van der Waals surface area contributed by atoms with Gasteiger partial charge in [-0.05, 0) is 42.3 Å². The Morgan fingerprint density at radius 3 is 2.42 bits per heavy atom. The summed E-state index contributed by atoms with van der Waals surface area (Å²) in [5.74, 6) is -0.237. The van der Waals surface area contributed by atoms with Crippen LogP contribution in [-0.2, 0) is 6.42 Å². The van der Waals surface area contributed by atoms with Gasteiger partial charge >= 0.3 is 0 Å². The highest BCUT2D eigenvalue weighted by Gasteiger charge is 2.11. The SMILES string of the molecule is O=C(NCCc1c(Cl)cccc1Cl)c1cnn(-c2ccc(Cl)c(Cl)c2)c1. The van der Waals surface area contributed by atoms with Gasteiger partial charge < -0.3 is 5.32 Å². The Balaban J connectivity index is 1.64. The third-order valence-electron chi connectivity index (χ3n) is 3.73. The summed E-state index contributed by atoms with van der Waals surface area (Å²) in [6, 6.07) is 10.4. The number of halogens is 4. The van der Waals surface area contributed by atoms with Crippen LogP contribution in [0.4, 0.5) is 0 Å². The zero-order valence-corrected chi connectivity index (χ0v) is 16.4. The molecule has 8 heteroatoms. The van der Waals surface area contributed by atoms with Gasteiger partial charge in [-0.25, -0.2) is 4.68 Å². The van der Waals surface area contributed by atoms with Crippen molar-refractivity contribution in [1.29, 1.82) is 0 Å². The van der Waals surface area contributed by atoms with E-state index >= 15 is 0 Å². The lowest BCUT2D eigenvalue weighted by atomic mass is 10.1. The summed E-state index contributed by atoms with van der Waals surface area (Å²) in [7, 11) is 0. The molecule has 1 heterocycles. The Hall–Kier alpha value is -1.72. The van der Waals surface area contributed by atoms with Gasteiger partial charge in [0.15, 0.2) is 0 Å². The smallest absolute Gasteiger partial charge is 0.254 e. The average Bonchev–Trinajstić information content (AvgIpc) is 3.10. The highest BCUT2D eigenvalue weighted by molar-refractivity contribution is 6.42. The van der Waals surface area contributed by atoms with Gasteiger partial charge in [-0.15, -0.1) is 0 Å². The predicted molar refractivity (Wildman–Crippen MR) is 106 cm³/mol. The van der Waals surface area contributed by atoms with Crippen molar-refractivity contribution in [1.82, 2.24) is 15.1 Å². The van der Waals surface area contributed by atoms with Gasteiger partial charge in [0.25, 0.3) is 5.91 Å². The Morgan fingerprint density at radius 2 is 1.73 bits per heavy atom. The Labute approximate surface area is 170 Å². The fourth-order valence-electron chi connectivity index (χ4n) is 2.38. The molecule has 0 atom stereocenters. The number of amides is 1. The highest BCUT2D eigenvalue weighted by atomic mass is 35.5. The van der Waals surface area contributed by atoms with E-state index in [9.17, 15) is 4.79 Å². The van der Waals surface area contributed by atoms with Crippen LogP contribution in [0.25, 0.3) is 5.69 Å². The maximum atomic E-state index is 12.3. The second-order valence-electron chi connectivity index (χ2n) is 5.48. The molecule has 0 radical (unpaired) electrons. The van der Waals surface area contributed by atoms with Crippen molar-refractivity contribution in [2.24, 2.45) is 0 Å². The maximum absolute atomic E-state index is 12.3. The summed E-state index contributed by atoms with van der Waals surface area (Å²) in [4.78, 5) is 12.3. The van der Waals surface area contributed by atoms with Gasteiger partial charge in [0.05, 0.1) is 27.5 Å². The molecule has 0 unspecified atom stereocenters. The van der Waals surface area contributed by atoms with Gasteiger partial charge in [0.2, 0.25) is 0 Å². The van der Waals surface area contributed by atoms with Crippen molar-refractivity contribution in [3.63, 3.8) is 0 Å². The highest BCUT2D eigenvalue weighted by Crippen LogP contribution is 2.25. The minimum Gasteiger partial charge on any atom is -0.352 e. The third-order valence-corrected chi connectivity index (χ3v) is 5.18. The second-order valence-corrected chi connectivity index (χ2v) is 7.11. The van der Waals surface area contributed by atoms with E-state index in [1.165, 1.54) is 6.20 Å². The molecule has 26 heavy (non-hydrogen) atoms. The van der Waals surface area contributed by atoms with Gasteiger partial charge in [0, 0.05) is 22.8 Å². The molecule has 0 spiro atoms. The average molecular weight is 429 g/mol. The molecule has 1 N–H and O–H groups in total. The quantitative estimate of drug-likeness (QED) is 0.586. The first-order valence-corrected chi connectivity index (χ1v) is 9.18. The molecule has 0 aliphatic carbocycles. The molecule has 0 fully saturated rings. The fourth-order valence-corrected chi connectivity index (χ4v) is 3.26. The Morgan fingerprint density at radius 1 is 1.00 bits per heavy atom. The summed E-state index contributed by atoms with van der Waals surface area (Å²) in [6.07, 6.45) is 3.64. The molecule has 3 aromatic rings. The number of carbonyl (C=O) groups is 1. The van der Waals surface area contributed by atoms with E-state index in [1.807, 2.05) is 0 Å². The number of aromatic nitrogens is 2. The predicted octanol–water partition coefficient (Wildman–Crippen LogP) is 5.46. The van der Waals surface area contributed by atoms with E-state index in [4.69, 9.17) is 46.4 Å². The van der Waals surface area contributed by atoms with Crippen LogP contribution in [0.5, 0.6) is 0 Å². The number of nitrogens with zero attached hydrogens (tertiary/aromatic N) is 2. The first kappa shape index (κ1) is 19.1. The van der Waals surface area contributed by atoms with Crippen molar-refractivity contribution in [3.8, 4) is 5.69 Å². The molecule has 3 rings (SSSR count). The summed E-state index contributed by atoms with van der Waals surface area (Å²) in [6.45, 7) is 0.403. The van der Waals surface area contributed by atoms with Crippen molar-refractivity contribution >= 4 is 52.3 Å². The number of rotatable bonds is 5. The minimum absolute atomic E-state index is 0.237. The van der Waals surface area contributed by atoms with Crippen LogP contribution in [0.15, 0.2) is 48.8 Å². The second kappa shape index (κ2) is 8.31. The van der Waals surface area contributed by atoms with E-state index in [1.54, 1.807) is 47.3 Å². The zero-order chi connectivity index (χ0) is 18.7. The topological polar surface area (TPSA) is 46.9 Å². The number of hydrogen-bond donors (Lipinski definition) is 1. The molecular formula is C18H13Cl4N3O. The number of benzene rings is 2. The maximum Gasteiger partial charge on any atom is 0.254 e. The number of carbonyl (C=O) groups excluding carboxylic acids is 1. The van der Waals surface area contributed by atoms with Crippen LogP contribution >= 0.6 is 46.4 Å². The van der Waals surface area contributed by atoms with Gasteiger partial charge in [-0.2, -0.15) is 5.10 Å². The molecule has 4 nitrogen and oxygen atoms in total. The fraction of sp³-hybridized carbons (Fsp3) is 0.111. The van der Waals surface area contributed by atoms with E-state index in [-0.39, 0.29) is 5.91 Å². The van der Waals surface area contributed by atoms with E-state index in [0.29, 0.717) is 44.3 Å². The van der Waals surface area contributed by atoms with Crippen LogP contribution in [-0.4, -0.2) is 22.2 Å². The third kappa shape index (κ3) is 4.33. The molecule has 0 aliphatic rings. The monoisotopic (exact) mass is 427 g/mol. The minimum atomic E-state index is -0.237. The van der Waals surface area contributed by atoms with Crippen molar-refractivity contribution in [2.75, 3.05) is 6.54 Å². The normalized spacial score (nSPS) is 10.8. The first-order chi connectivity index (χ1) is 12.5. The Kier molecular flexibility index (Phi) is 6.09. The van der Waals surface area contributed by atoms with Gasteiger partial charge in [-0.1, -0.05) is 52.5 Å². The number of nitrogens with one attached hydrogen (secondary N) is 1. The van der Waals surface area contributed by atoms with Crippen LogP contribution in [0.2, 0.25) is 20.1 Å². The lowest BCUT2D eigenvalue weighted by Gasteiger charge is -2.07. The molecule has 0 aliphatic heterocycles. The molecular weight excluding hydrogens is 416 g/mol. The van der Waals surface area contributed by atoms with Crippen LogP contribution in [0.3, 0.4) is 0 Å².